The van der Waals surface area contributed by atoms with Crippen LogP contribution >= 0.6 is 11.6 Å². The second-order valence-corrected chi connectivity index (χ2v) is 5.29. The van der Waals surface area contributed by atoms with Crippen LogP contribution in [0.1, 0.15) is 10.4 Å². The van der Waals surface area contributed by atoms with Crippen molar-refractivity contribution in [3.05, 3.63) is 59.1 Å². The van der Waals surface area contributed by atoms with Crippen LogP contribution in [0, 0.1) is 0 Å². The van der Waals surface area contributed by atoms with E-state index in [4.69, 9.17) is 21.1 Å². The van der Waals surface area contributed by atoms with E-state index in [-0.39, 0.29) is 5.97 Å². The molecule has 4 nitrogen and oxygen atoms in total. The van der Waals surface area contributed by atoms with Gasteiger partial charge in [-0.2, -0.15) is 0 Å². The lowest BCUT2D eigenvalue weighted by molar-refractivity contribution is 0.0601. The maximum atomic E-state index is 11.5. The van der Waals surface area contributed by atoms with Gasteiger partial charge in [-0.15, -0.1) is 0 Å². The molecule has 3 rings (SSSR count). The lowest BCUT2D eigenvalue weighted by Crippen LogP contribution is -2.00. The largest absolute Gasteiger partial charge is 0.495 e. The molecule has 2 aromatic carbocycles. The molecule has 0 radical (unpaired) electrons. The van der Waals surface area contributed by atoms with Crippen molar-refractivity contribution < 1.29 is 14.3 Å². The zero-order valence-electron chi connectivity index (χ0n) is 12.7. The minimum atomic E-state index is -0.359. The van der Waals surface area contributed by atoms with Crippen molar-refractivity contribution in [3.63, 3.8) is 0 Å². The van der Waals surface area contributed by atoms with Gasteiger partial charge in [0.15, 0.2) is 0 Å². The number of fused-ring (bicyclic) bond motifs is 1. The number of hydrogen-bond acceptors (Lipinski definition) is 4. The Morgan fingerprint density at radius 3 is 2.39 bits per heavy atom. The number of carbonyl (C=O) groups is 1. The van der Waals surface area contributed by atoms with E-state index in [2.05, 4.69) is 4.98 Å². The number of methoxy groups -OCH3 is 2. The molecule has 0 aliphatic heterocycles. The van der Waals surface area contributed by atoms with Crippen molar-refractivity contribution in [1.29, 1.82) is 0 Å². The van der Waals surface area contributed by atoms with E-state index in [1.54, 1.807) is 25.3 Å². The Morgan fingerprint density at radius 2 is 1.74 bits per heavy atom. The van der Waals surface area contributed by atoms with Crippen molar-refractivity contribution in [2.45, 2.75) is 0 Å². The standard InChI is InChI=1S/C18H14ClNO3/c1-22-16-10-9-15-13(17(16)19)7-8-14(20-15)11-3-5-12(6-4-11)18(21)23-2/h3-10H,1-2H3. The molecule has 0 N–H and O–H groups in total. The Balaban J connectivity index is 2.02. The third kappa shape index (κ3) is 2.85. The number of esters is 1. The van der Waals surface area contributed by atoms with E-state index < -0.39 is 0 Å². The van der Waals surface area contributed by atoms with Crippen LogP contribution in [-0.4, -0.2) is 25.2 Å². The number of halogens is 1. The summed E-state index contributed by atoms with van der Waals surface area (Å²) >= 11 is 6.30. The predicted molar refractivity (Wildman–Crippen MR) is 90.1 cm³/mol. The molecule has 0 bridgehead atoms. The molecule has 1 heterocycles. The first-order valence-corrected chi connectivity index (χ1v) is 7.34. The smallest absolute Gasteiger partial charge is 0.337 e. The highest BCUT2D eigenvalue weighted by Crippen LogP contribution is 2.33. The lowest BCUT2D eigenvalue weighted by Gasteiger charge is -2.08. The first-order valence-electron chi connectivity index (χ1n) is 6.96. The van der Waals surface area contributed by atoms with E-state index in [0.717, 1.165) is 22.2 Å². The fraction of sp³-hybridized carbons (Fsp3) is 0.111. The Morgan fingerprint density at radius 1 is 1.00 bits per heavy atom. The van der Waals surface area contributed by atoms with Crippen LogP contribution < -0.4 is 4.74 Å². The number of carbonyl (C=O) groups excluding carboxylic acids is 1. The van der Waals surface area contributed by atoms with Gasteiger partial charge in [-0.3, -0.25) is 0 Å². The second-order valence-electron chi connectivity index (χ2n) is 4.91. The molecule has 0 fully saturated rings. The van der Waals surface area contributed by atoms with Crippen LogP contribution in [0.5, 0.6) is 5.75 Å². The van der Waals surface area contributed by atoms with Gasteiger partial charge < -0.3 is 9.47 Å². The van der Waals surface area contributed by atoms with E-state index in [9.17, 15) is 4.79 Å². The summed E-state index contributed by atoms with van der Waals surface area (Å²) in [5, 5.41) is 1.38. The molecule has 3 aromatic rings. The van der Waals surface area contributed by atoms with Gasteiger partial charge in [0.25, 0.3) is 0 Å². The molecule has 0 aliphatic carbocycles. The first-order chi connectivity index (χ1) is 11.1. The van der Waals surface area contributed by atoms with Gasteiger partial charge in [-0.1, -0.05) is 23.7 Å². The van der Waals surface area contributed by atoms with Gasteiger partial charge in [0.05, 0.1) is 36.0 Å². The number of aromatic nitrogens is 1. The van der Waals surface area contributed by atoms with Gasteiger partial charge in [0.2, 0.25) is 0 Å². The van der Waals surface area contributed by atoms with Crippen LogP contribution in [-0.2, 0) is 4.74 Å². The van der Waals surface area contributed by atoms with E-state index in [1.807, 2.05) is 30.3 Å². The highest BCUT2D eigenvalue weighted by Gasteiger charge is 2.09. The molecule has 5 heteroatoms. The molecule has 116 valence electrons. The minimum Gasteiger partial charge on any atom is -0.495 e. The molecule has 0 unspecified atom stereocenters. The van der Waals surface area contributed by atoms with Crippen molar-refractivity contribution in [2.75, 3.05) is 14.2 Å². The number of pyridine rings is 1. The Bertz CT molecular complexity index is 875. The first kappa shape index (κ1) is 15.3. The number of benzene rings is 2. The van der Waals surface area contributed by atoms with Crippen LogP contribution in [0.2, 0.25) is 5.02 Å². The highest BCUT2D eigenvalue weighted by molar-refractivity contribution is 6.36. The summed E-state index contributed by atoms with van der Waals surface area (Å²) in [5.41, 5.74) is 3.00. The zero-order chi connectivity index (χ0) is 16.4. The number of ether oxygens (including phenoxy) is 2. The van der Waals surface area contributed by atoms with Crippen molar-refractivity contribution in [1.82, 2.24) is 4.98 Å². The quantitative estimate of drug-likeness (QED) is 0.671. The third-order valence-corrected chi connectivity index (χ3v) is 3.98. The Kier molecular flexibility index (Phi) is 4.17. The van der Waals surface area contributed by atoms with Crippen molar-refractivity contribution in [2.24, 2.45) is 0 Å². The summed E-state index contributed by atoms with van der Waals surface area (Å²) in [4.78, 5) is 16.1. The van der Waals surface area contributed by atoms with Gasteiger partial charge in [-0.05, 0) is 36.4 Å². The fourth-order valence-electron chi connectivity index (χ4n) is 2.36. The number of hydrogen-bond donors (Lipinski definition) is 0. The predicted octanol–water partition coefficient (Wildman–Crippen LogP) is 4.35. The summed E-state index contributed by atoms with van der Waals surface area (Å²) in [7, 11) is 2.94. The molecule has 0 aliphatic rings. The van der Waals surface area contributed by atoms with E-state index >= 15 is 0 Å². The van der Waals surface area contributed by atoms with Gasteiger partial charge >= 0.3 is 5.97 Å². The molecule has 0 saturated heterocycles. The molecule has 0 amide bonds. The molecule has 0 spiro atoms. The number of nitrogens with zero attached hydrogens (tertiary/aromatic N) is 1. The lowest BCUT2D eigenvalue weighted by atomic mass is 10.1. The summed E-state index contributed by atoms with van der Waals surface area (Å²) < 4.78 is 9.90. The van der Waals surface area contributed by atoms with Crippen LogP contribution in [0.25, 0.3) is 22.2 Å². The molecule has 0 atom stereocenters. The van der Waals surface area contributed by atoms with E-state index in [0.29, 0.717) is 16.3 Å². The number of rotatable bonds is 3. The highest BCUT2D eigenvalue weighted by atomic mass is 35.5. The molecule has 1 aromatic heterocycles. The second kappa shape index (κ2) is 6.26. The monoisotopic (exact) mass is 327 g/mol. The Hall–Kier alpha value is -2.59. The van der Waals surface area contributed by atoms with Gasteiger partial charge in [-0.25, -0.2) is 9.78 Å². The molecule has 23 heavy (non-hydrogen) atoms. The summed E-state index contributed by atoms with van der Waals surface area (Å²) in [5.74, 6) is 0.262. The van der Waals surface area contributed by atoms with Crippen LogP contribution in [0.15, 0.2) is 48.5 Å². The average Bonchev–Trinajstić information content (AvgIpc) is 2.61. The minimum absolute atomic E-state index is 0.359. The van der Waals surface area contributed by atoms with Gasteiger partial charge in [0.1, 0.15) is 5.75 Å². The summed E-state index contributed by atoms with van der Waals surface area (Å²) in [6.45, 7) is 0. The van der Waals surface area contributed by atoms with E-state index in [1.165, 1.54) is 7.11 Å². The van der Waals surface area contributed by atoms with Gasteiger partial charge in [0, 0.05) is 10.9 Å². The third-order valence-electron chi connectivity index (χ3n) is 3.59. The maximum absolute atomic E-state index is 11.5. The van der Waals surface area contributed by atoms with Crippen LogP contribution in [0.4, 0.5) is 0 Å². The topological polar surface area (TPSA) is 48.4 Å². The zero-order valence-corrected chi connectivity index (χ0v) is 13.4. The molecular weight excluding hydrogens is 314 g/mol. The van der Waals surface area contributed by atoms with Crippen LogP contribution in [0.3, 0.4) is 0 Å². The maximum Gasteiger partial charge on any atom is 0.337 e. The average molecular weight is 328 g/mol. The fourth-order valence-corrected chi connectivity index (χ4v) is 2.66. The van der Waals surface area contributed by atoms with Crippen molar-refractivity contribution in [3.8, 4) is 17.0 Å². The molecular formula is C18H14ClNO3. The normalized spacial score (nSPS) is 10.6. The van der Waals surface area contributed by atoms with Crippen molar-refractivity contribution >= 4 is 28.5 Å². The summed E-state index contributed by atoms with van der Waals surface area (Å²) in [6.07, 6.45) is 0. The molecule has 0 saturated carbocycles. The summed E-state index contributed by atoms with van der Waals surface area (Å²) in [6, 6.07) is 14.6. The SMILES string of the molecule is COC(=O)c1ccc(-c2ccc3c(Cl)c(OC)ccc3n2)cc1. The Labute approximate surface area is 138 Å².